The fourth-order valence-corrected chi connectivity index (χ4v) is 4.52. The van der Waals surface area contributed by atoms with Crippen molar-refractivity contribution in [3.63, 3.8) is 0 Å². The second-order valence-corrected chi connectivity index (χ2v) is 7.12. The van der Waals surface area contributed by atoms with E-state index in [0.717, 1.165) is 55.7 Å². The Morgan fingerprint density at radius 2 is 2.32 bits per heavy atom. The third-order valence-electron chi connectivity index (χ3n) is 5.93. The Labute approximate surface area is 146 Å². The maximum atomic E-state index is 12.3. The van der Waals surface area contributed by atoms with Crippen molar-refractivity contribution in [3.05, 3.63) is 18.6 Å². The van der Waals surface area contributed by atoms with Crippen molar-refractivity contribution in [2.24, 2.45) is 5.92 Å². The van der Waals surface area contributed by atoms with Gasteiger partial charge in [0.1, 0.15) is 24.2 Å². The van der Waals surface area contributed by atoms with Crippen LogP contribution in [-0.2, 0) is 4.79 Å². The van der Waals surface area contributed by atoms with E-state index in [1.165, 1.54) is 0 Å². The first-order valence-corrected chi connectivity index (χ1v) is 8.86. The molecule has 2 fully saturated rings. The number of likely N-dealkylation sites (tertiary alicyclic amines) is 1. The molecule has 0 aliphatic carbocycles. The Bertz CT molecular complexity index is 839. The normalized spacial score (nSPS) is 26.3. The molecule has 7 nitrogen and oxygen atoms in total. The number of nitrogens with zero attached hydrogens (tertiary/aromatic N) is 5. The van der Waals surface area contributed by atoms with Gasteiger partial charge in [-0.05, 0) is 31.2 Å². The summed E-state index contributed by atoms with van der Waals surface area (Å²) in [5, 5.41) is 9.90. The first-order chi connectivity index (χ1) is 12.2. The Morgan fingerprint density at radius 1 is 1.44 bits per heavy atom. The number of H-pyrrole nitrogens is 1. The van der Waals surface area contributed by atoms with E-state index in [1.54, 1.807) is 6.33 Å². The highest BCUT2D eigenvalue weighted by atomic mass is 16.2. The summed E-state index contributed by atoms with van der Waals surface area (Å²) >= 11 is 0. The predicted octanol–water partition coefficient (Wildman–Crippen LogP) is 2.08. The molecule has 0 aromatic carbocycles. The number of fused-ring (bicyclic) bond motifs is 1. The van der Waals surface area contributed by atoms with E-state index in [0.29, 0.717) is 5.92 Å². The highest BCUT2D eigenvalue weighted by molar-refractivity contribution is 5.87. The molecule has 0 unspecified atom stereocenters. The number of carbonyl (C=O) groups excluding carboxylic acids is 1. The molecule has 2 saturated heterocycles. The Hall–Kier alpha value is -2.62. The molecule has 7 heteroatoms. The number of aromatic amines is 1. The van der Waals surface area contributed by atoms with Crippen molar-refractivity contribution in [3.8, 4) is 6.07 Å². The molecule has 25 heavy (non-hydrogen) atoms. The molecular weight excluding hydrogens is 316 g/mol. The molecule has 2 aliphatic rings. The second-order valence-electron chi connectivity index (χ2n) is 7.12. The van der Waals surface area contributed by atoms with Gasteiger partial charge in [0.2, 0.25) is 5.91 Å². The van der Waals surface area contributed by atoms with Crippen LogP contribution in [0.4, 0.5) is 5.82 Å². The molecule has 0 bridgehead atoms. The molecule has 2 aliphatic heterocycles. The van der Waals surface area contributed by atoms with Crippen LogP contribution >= 0.6 is 0 Å². The Morgan fingerprint density at radius 3 is 3.12 bits per heavy atom. The quantitative estimate of drug-likeness (QED) is 0.905. The van der Waals surface area contributed by atoms with Crippen LogP contribution in [0.15, 0.2) is 18.6 Å². The summed E-state index contributed by atoms with van der Waals surface area (Å²) in [6, 6.07) is 4.01. The lowest BCUT2D eigenvalue weighted by atomic mass is 9.70. The molecule has 2 aromatic heterocycles. The van der Waals surface area contributed by atoms with Gasteiger partial charge < -0.3 is 14.8 Å². The SMILES string of the molecule is C[C@H]1CN(C(=O)CC#N)[C@@]12CCCN(c1ncnc3[nH]ccc13)CC2. The summed E-state index contributed by atoms with van der Waals surface area (Å²) in [7, 11) is 0. The summed E-state index contributed by atoms with van der Waals surface area (Å²) in [4.78, 5) is 28.5. The van der Waals surface area contributed by atoms with E-state index < -0.39 is 0 Å². The number of carbonyl (C=O) groups is 1. The summed E-state index contributed by atoms with van der Waals surface area (Å²) in [5.74, 6) is 1.42. The fourth-order valence-electron chi connectivity index (χ4n) is 4.52. The van der Waals surface area contributed by atoms with Crippen molar-refractivity contribution < 1.29 is 4.79 Å². The minimum Gasteiger partial charge on any atom is -0.356 e. The highest BCUT2D eigenvalue weighted by Crippen LogP contribution is 2.45. The number of nitriles is 1. The molecule has 1 N–H and O–H groups in total. The largest absolute Gasteiger partial charge is 0.356 e. The highest BCUT2D eigenvalue weighted by Gasteiger charge is 2.52. The molecule has 130 valence electrons. The molecule has 1 spiro atoms. The maximum absolute atomic E-state index is 12.3. The monoisotopic (exact) mass is 338 g/mol. The molecule has 0 radical (unpaired) electrons. The van der Waals surface area contributed by atoms with Gasteiger partial charge in [-0.2, -0.15) is 5.26 Å². The summed E-state index contributed by atoms with van der Waals surface area (Å²) in [6.45, 7) is 4.78. The number of amides is 1. The van der Waals surface area contributed by atoms with E-state index >= 15 is 0 Å². The standard InChI is InChI=1S/C18H22N6O/c1-13-11-24(15(25)3-7-19)18(13)5-2-9-23(10-6-18)17-14-4-8-20-16(14)21-12-22-17/h4,8,12-13H,2-3,5-6,9-11H2,1H3,(H,20,21,22)/t13-,18+/m0/s1. The fraction of sp³-hybridized carbons (Fsp3) is 0.556. The topological polar surface area (TPSA) is 88.9 Å². The van der Waals surface area contributed by atoms with Crippen LogP contribution < -0.4 is 4.90 Å². The maximum Gasteiger partial charge on any atom is 0.237 e. The molecule has 0 saturated carbocycles. The lowest BCUT2D eigenvalue weighted by Gasteiger charge is -2.58. The summed E-state index contributed by atoms with van der Waals surface area (Å²) in [5.41, 5.74) is 0.763. The van der Waals surface area contributed by atoms with Gasteiger partial charge in [-0.15, -0.1) is 0 Å². The number of aromatic nitrogens is 3. The van der Waals surface area contributed by atoms with Crippen LogP contribution in [0.25, 0.3) is 11.0 Å². The summed E-state index contributed by atoms with van der Waals surface area (Å²) < 4.78 is 0. The van der Waals surface area contributed by atoms with E-state index in [4.69, 9.17) is 5.26 Å². The molecule has 2 atom stereocenters. The first kappa shape index (κ1) is 15.9. The zero-order chi connectivity index (χ0) is 17.4. The van der Waals surface area contributed by atoms with E-state index in [-0.39, 0.29) is 17.9 Å². The smallest absolute Gasteiger partial charge is 0.237 e. The molecule has 1 amide bonds. The van der Waals surface area contributed by atoms with Crippen molar-refractivity contribution >= 4 is 22.8 Å². The van der Waals surface area contributed by atoms with Gasteiger partial charge in [-0.3, -0.25) is 4.79 Å². The van der Waals surface area contributed by atoms with Gasteiger partial charge in [-0.1, -0.05) is 6.92 Å². The molecule has 4 rings (SSSR count). The number of nitrogens with one attached hydrogen (secondary N) is 1. The van der Waals surface area contributed by atoms with E-state index in [2.05, 4.69) is 26.8 Å². The Balaban J connectivity index is 1.57. The average molecular weight is 338 g/mol. The Kier molecular flexibility index (Phi) is 3.83. The number of hydrogen-bond acceptors (Lipinski definition) is 5. The summed E-state index contributed by atoms with van der Waals surface area (Å²) in [6.07, 6.45) is 6.39. The van der Waals surface area contributed by atoms with Crippen LogP contribution in [0, 0.1) is 17.2 Å². The van der Waals surface area contributed by atoms with E-state index in [1.807, 2.05) is 23.2 Å². The zero-order valence-corrected chi connectivity index (χ0v) is 14.4. The van der Waals surface area contributed by atoms with Crippen molar-refractivity contribution in [1.29, 1.82) is 5.26 Å². The van der Waals surface area contributed by atoms with Gasteiger partial charge in [0.15, 0.2) is 0 Å². The predicted molar refractivity (Wildman–Crippen MR) is 93.8 cm³/mol. The lowest BCUT2D eigenvalue weighted by molar-refractivity contribution is -0.157. The average Bonchev–Trinajstić information content (AvgIpc) is 2.97. The third-order valence-corrected chi connectivity index (χ3v) is 5.93. The van der Waals surface area contributed by atoms with Crippen molar-refractivity contribution in [2.45, 2.75) is 38.1 Å². The van der Waals surface area contributed by atoms with Gasteiger partial charge >= 0.3 is 0 Å². The lowest BCUT2D eigenvalue weighted by Crippen LogP contribution is -2.68. The number of rotatable bonds is 2. The van der Waals surface area contributed by atoms with Gasteiger partial charge in [0, 0.05) is 31.4 Å². The van der Waals surface area contributed by atoms with Crippen LogP contribution in [0.2, 0.25) is 0 Å². The molecule has 4 heterocycles. The van der Waals surface area contributed by atoms with E-state index in [9.17, 15) is 4.79 Å². The zero-order valence-electron chi connectivity index (χ0n) is 14.4. The molecule has 2 aromatic rings. The minimum atomic E-state index is -0.0903. The van der Waals surface area contributed by atoms with Crippen LogP contribution in [0.3, 0.4) is 0 Å². The first-order valence-electron chi connectivity index (χ1n) is 8.86. The third kappa shape index (κ3) is 2.44. The van der Waals surface area contributed by atoms with Gasteiger partial charge in [0.25, 0.3) is 0 Å². The number of anilines is 1. The molecular formula is C18H22N6O. The minimum absolute atomic E-state index is 0.0198. The van der Waals surface area contributed by atoms with Crippen molar-refractivity contribution in [2.75, 3.05) is 24.5 Å². The second kappa shape index (κ2) is 6.03. The van der Waals surface area contributed by atoms with Gasteiger partial charge in [-0.25, -0.2) is 9.97 Å². The van der Waals surface area contributed by atoms with Crippen molar-refractivity contribution in [1.82, 2.24) is 19.9 Å². The number of hydrogen-bond donors (Lipinski definition) is 1. The van der Waals surface area contributed by atoms with Gasteiger partial charge in [0.05, 0.1) is 11.5 Å². The van der Waals surface area contributed by atoms with Crippen LogP contribution in [0.1, 0.15) is 32.6 Å². The van der Waals surface area contributed by atoms with Crippen LogP contribution in [0.5, 0.6) is 0 Å². The van der Waals surface area contributed by atoms with Crippen LogP contribution in [-0.4, -0.2) is 50.9 Å².